The zero-order chi connectivity index (χ0) is 15.5. The standard InChI is InChI=1S/C17H19N5/c1-12-4-6-15(7-5-12)9-19-16-10-18-11-17(20-16)22-14(3)8-13(2)21-22/h4-8,10-11H,9H2,1-3H3,(H,19,20). The third-order valence-electron chi connectivity index (χ3n) is 3.44. The van der Waals surface area contributed by atoms with Crippen molar-refractivity contribution in [3.63, 3.8) is 0 Å². The fraction of sp³-hybridized carbons (Fsp3) is 0.235. The Bertz CT molecular complexity index is 774. The molecule has 0 aliphatic heterocycles. The van der Waals surface area contributed by atoms with Crippen molar-refractivity contribution in [3.05, 3.63) is 65.2 Å². The van der Waals surface area contributed by atoms with Gasteiger partial charge in [-0.05, 0) is 32.4 Å². The molecule has 3 rings (SSSR count). The summed E-state index contributed by atoms with van der Waals surface area (Å²) in [7, 11) is 0. The minimum Gasteiger partial charge on any atom is -0.365 e. The first-order valence-corrected chi connectivity index (χ1v) is 7.27. The monoisotopic (exact) mass is 293 g/mol. The number of rotatable bonds is 4. The molecule has 2 aromatic heterocycles. The Labute approximate surface area is 130 Å². The van der Waals surface area contributed by atoms with Crippen molar-refractivity contribution in [2.75, 3.05) is 5.32 Å². The summed E-state index contributed by atoms with van der Waals surface area (Å²) >= 11 is 0. The number of hydrogen-bond acceptors (Lipinski definition) is 4. The van der Waals surface area contributed by atoms with Gasteiger partial charge in [-0.25, -0.2) is 9.67 Å². The van der Waals surface area contributed by atoms with Crippen LogP contribution in [0.2, 0.25) is 0 Å². The first-order chi connectivity index (χ1) is 10.6. The van der Waals surface area contributed by atoms with Crippen molar-refractivity contribution in [1.82, 2.24) is 19.7 Å². The van der Waals surface area contributed by atoms with E-state index in [0.717, 1.165) is 29.6 Å². The summed E-state index contributed by atoms with van der Waals surface area (Å²) in [4.78, 5) is 8.83. The SMILES string of the molecule is Cc1ccc(CNc2cncc(-n3nc(C)cc3C)n2)cc1. The van der Waals surface area contributed by atoms with Gasteiger partial charge in [0.2, 0.25) is 0 Å². The number of aryl methyl sites for hydroxylation is 3. The summed E-state index contributed by atoms with van der Waals surface area (Å²) in [5, 5.41) is 7.74. The van der Waals surface area contributed by atoms with Crippen LogP contribution in [0.1, 0.15) is 22.5 Å². The Morgan fingerprint density at radius 3 is 2.50 bits per heavy atom. The first kappa shape index (κ1) is 14.3. The zero-order valence-corrected chi connectivity index (χ0v) is 13.0. The van der Waals surface area contributed by atoms with Crippen LogP contribution in [0.15, 0.2) is 42.7 Å². The van der Waals surface area contributed by atoms with Gasteiger partial charge in [-0.1, -0.05) is 29.8 Å². The Morgan fingerprint density at radius 1 is 1.05 bits per heavy atom. The predicted octanol–water partition coefficient (Wildman–Crippen LogP) is 3.20. The van der Waals surface area contributed by atoms with E-state index in [1.807, 2.05) is 19.9 Å². The molecule has 3 aromatic rings. The maximum atomic E-state index is 4.58. The minimum atomic E-state index is 0.718. The highest BCUT2D eigenvalue weighted by Gasteiger charge is 2.06. The average molecular weight is 293 g/mol. The number of anilines is 1. The molecular weight excluding hydrogens is 274 g/mol. The van der Waals surface area contributed by atoms with Gasteiger partial charge in [0.15, 0.2) is 5.82 Å². The third kappa shape index (κ3) is 3.14. The average Bonchev–Trinajstić information content (AvgIpc) is 2.86. The summed E-state index contributed by atoms with van der Waals surface area (Å²) in [5.74, 6) is 1.46. The van der Waals surface area contributed by atoms with Crippen molar-refractivity contribution >= 4 is 5.82 Å². The van der Waals surface area contributed by atoms with Crippen LogP contribution in [0, 0.1) is 20.8 Å². The molecule has 5 nitrogen and oxygen atoms in total. The van der Waals surface area contributed by atoms with Crippen LogP contribution in [0.4, 0.5) is 5.82 Å². The van der Waals surface area contributed by atoms with E-state index < -0.39 is 0 Å². The molecule has 0 saturated heterocycles. The van der Waals surface area contributed by atoms with E-state index in [9.17, 15) is 0 Å². The number of benzene rings is 1. The lowest BCUT2D eigenvalue weighted by Gasteiger charge is -2.08. The minimum absolute atomic E-state index is 0.718. The van der Waals surface area contributed by atoms with E-state index in [2.05, 4.69) is 51.6 Å². The smallest absolute Gasteiger partial charge is 0.174 e. The van der Waals surface area contributed by atoms with Gasteiger partial charge in [0, 0.05) is 12.2 Å². The molecule has 0 atom stereocenters. The van der Waals surface area contributed by atoms with Crippen LogP contribution in [0.25, 0.3) is 5.82 Å². The van der Waals surface area contributed by atoms with Crippen molar-refractivity contribution in [3.8, 4) is 5.82 Å². The lowest BCUT2D eigenvalue weighted by atomic mass is 10.1. The molecule has 5 heteroatoms. The van der Waals surface area contributed by atoms with E-state index >= 15 is 0 Å². The highest BCUT2D eigenvalue weighted by molar-refractivity contribution is 5.37. The van der Waals surface area contributed by atoms with Gasteiger partial charge in [-0.15, -0.1) is 0 Å². The second-order valence-corrected chi connectivity index (χ2v) is 5.44. The topological polar surface area (TPSA) is 55.6 Å². The number of nitrogens with one attached hydrogen (secondary N) is 1. The third-order valence-corrected chi connectivity index (χ3v) is 3.44. The van der Waals surface area contributed by atoms with Gasteiger partial charge in [0.05, 0.1) is 18.1 Å². The van der Waals surface area contributed by atoms with Crippen molar-refractivity contribution in [2.24, 2.45) is 0 Å². The quantitative estimate of drug-likeness (QED) is 0.802. The Morgan fingerprint density at radius 2 is 1.82 bits per heavy atom. The highest BCUT2D eigenvalue weighted by atomic mass is 15.3. The van der Waals surface area contributed by atoms with E-state index in [4.69, 9.17) is 0 Å². The molecule has 0 saturated carbocycles. The van der Waals surface area contributed by atoms with Gasteiger partial charge in [0.1, 0.15) is 5.82 Å². The molecule has 0 aliphatic rings. The summed E-state index contributed by atoms with van der Waals surface area (Å²) < 4.78 is 1.80. The van der Waals surface area contributed by atoms with Crippen LogP contribution in [-0.4, -0.2) is 19.7 Å². The van der Waals surface area contributed by atoms with Crippen molar-refractivity contribution < 1.29 is 0 Å². The second-order valence-electron chi connectivity index (χ2n) is 5.44. The molecule has 2 heterocycles. The molecule has 0 fully saturated rings. The molecule has 0 bridgehead atoms. The van der Waals surface area contributed by atoms with Crippen LogP contribution in [0.5, 0.6) is 0 Å². The molecule has 1 aromatic carbocycles. The lowest BCUT2D eigenvalue weighted by Crippen LogP contribution is -2.07. The number of nitrogens with zero attached hydrogens (tertiary/aromatic N) is 4. The fourth-order valence-electron chi connectivity index (χ4n) is 2.30. The summed E-state index contributed by atoms with van der Waals surface area (Å²) in [6, 6.07) is 10.5. The predicted molar refractivity (Wildman–Crippen MR) is 87.1 cm³/mol. The summed E-state index contributed by atoms with van der Waals surface area (Å²) in [6.07, 6.45) is 3.44. The molecule has 0 unspecified atom stereocenters. The van der Waals surface area contributed by atoms with E-state index in [1.165, 1.54) is 11.1 Å². The van der Waals surface area contributed by atoms with E-state index in [-0.39, 0.29) is 0 Å². The summed E-state index contributed by atoms with van der Waals surface area (Å²) in [6.45, 7) is 6.78. The number of aromatic nitrogens is 4. The zero-order valence-electron chi connectivity index (χ0n) is 13.0. The van der Waals surface area contributed by atoms with Crippen molar-refractivity contribution in [1.29, 1.82) is 0 Å². The van der Waals surface area contributed by atoms with Crippen molar-refractivity contribution in [2.45, 2.75) is 27.3 Å². The molecule has 0 amide bonds. The molecule has 22 heavy (non-hydrogen) atoms. The Hall–Kier alpha value is -2.69. The molecule has 0 aliphatic carbocycles. The van der Waals surface area contributed by atoms with E-state index in [1.54, 1.807) is 17.1 Å². The highest BCUT2D eigenvalue weighted by Crippen LogP contribution is 2.12. The van der Waals surface area contributed by atoms with Crippen LogP contribution in [-0.2, 0) is 6.54 Å². The second kappa shape index (κ2) is 5.97. The Kier molecular flexibility index (Phi) is 3.87. The normalized spacial score (nSPS) is 10.7. The largest absolute Gasteiger partial charge is 0.365 e. The number of hydrogen-bond donors (Lipinski definition) is 1. The van der Waals surface area contributed by atoms with Gasteiger partial charge < -0.3 is 5.32 Å². The maximum absolute atomic E-state index is 4.58. The van der Waals surface area contributed by atoms with Crippen LogP contribution < -0.4 is 5.32 Å². The fourth-order valence-corrected chi connectivity index (χ4v) is 2.30. The summed E-state index contributed by atoms with van der Waals surface area (Å²) in [5.41, 5.74) is 4.48. The molecule has 0 spiro atoms. The lowest BCUT2D eigenvalue weighted by molar-refractivity contribution is 0.799. The molecular formula is C17H19N5. The van der Waals surface area contributed by atoms with Crippen LogP contribution in [0.3, 0.4) is 0 Å². The molecule has 1 N–H and O–H groups in total. The van der Waals surface area contributed by atoms with Gasteiger partial charge >= 0.3 is 0 Å². The Balaban J connectivity index is 1.76. The van der Waals surface area contributed by atoms with Gasteiger partial charge in [-0.3, -0.25) is 4.98 Å². The molecule has 0 radical (unpaired) electrons. The van der Waals surface area contributed by atoms with Gasteiger partial charge in [-0.2, -0.15) is 5.10 Å². The maximum Gasteiger partial charge on any atom is 0.174 e. The van der Waals surface area contributed by atoms with Crippen LogP contribution >= 0.6 is 0 Å². The van der Waals surface area contributed by atoms with Gasteiger partial charge in [0.25, 0.3) is 0 Å². The molecule has 112 valence electrons. The van der Waals surface area contributed by atoms with E-state index in [0.29, 0.717) is 0 Å². The first-order valence-electron chi connectivity index (χ1n) is 7.27.